The van der Waals surface area contributed by atoms with Gasteiger partial charge in [-0.2, -0.15) is 0 Å². The molecule has 0 unspecified atom stereocenters. The lowest BCUT2D eigenvalue weighted by atomic mass is 9.95. The van der Waals surface area contributed by atoms with Gasteiger partial charge in [-0.3, -0.25) is 4.79 Å². The largest absolute Gasteiger partial charge is 0.350 e. The average Bonchev–Trinajstić information content (AvgIpc) is 2.39. The number of rotatable bonds is 3. The van der Waals surface area contributed by atoms with E-state index in [0.717, 1.165) is 18.4 Å². The van der Waals surface area contributed by atoms with Crippen LogP contribution in [0.2, 0.25) is 5.02 Å². The second kappa shape index (κ2) is 6.60. The first kappa shape index (κ1) is 13.2. The van der Waals surface area contributed by atoms with E-state index in [1.54, 1.807) is 12.2 Å². The molecule has 0 heterocycles. The highest BCUT2D eigenvalue weighted by Gasteiger charge is 2.14. The van der Waals surface area contributed by atoms with Gasteiger partial charge >= 0.3 is 0 Å². The highest BCUT2D eigenvalue weighted by Crippen LogP contribution is 2.18. The minimum Gasteiger partial charge on any atom is -0.350 e. The van der Waals surface area contributed by atoms with Gasteiger partial charge in [-0.15, -0.1) is 0 Å². The SMILES string of the molecule is O=C(/C=C\c1ccccc1Cl)NC1CCCCC1. The van der Waals surface area contributed by atoms with Gasteiger partial charge in [0.2, 0.25) is 5.91 Å². The molecule has 1 aliphatic rings. The Morgan fingerprint density at radius 2 is 1.94 bits per heavy atom. The smallest absolute Gasteiger partial charge is 0.244 e. The van der Waals surface area contributed by atoms with Crippen molar-refractivity contribution in [3.8, 4) is 0 Å². The Morgan fingerprint density at radius 3 is 2.67 bits per heavy atom. The number of carbonyl (C=O) groups is 1. The van der Waals surface area contributed by atoms with E-state index >= 15 is 0 Å². The topological polar surface area (TPSA) is 29.1 Å². The zero-order chi connectivity index (χ0) is 12.8. The van der Waals surface area contributed by atoms with Crippen LogP contribution in [0.5, 0.6) is 0 Å². The van der Waals surface area contributed by atoms with Gasteiger partial charge in [0.15, 0.2) is 0 Å². The van der Waals surface area contributed by atoms with Gasteiger partial charge in [0.05, 0.1) is 0 Å². The first-order valence-electron chi connectivity index (χ1n) is 6.49. The fourth-order valence-corrected chi connectivity index (χ4v) is 2.47. The Hall–Kier alpha value is -1.28. The van der Waals surface area contributed by atoms with Crippen molar-refractivity contribution in [3.63, 3.8) is 0 Å². The summed E-state index contributed by atoms with van der Waals surface area (Å²) < 4.78 is 0. The van der Waals surface area contributed by atoms with Crippen molar-refractivity contribution in [1.82, 2.24) is 5.32 Å². The van der Waals surface area contributed by atoms with E-state index in [1.165, 1.54) is 19.3 Å². The molecule has 0 spiro atoms. The Bertz CT molecular complexity index is 436. The molecule has 18 heavy (non-hydrogen) atoms. The molecule has 96 valence electrons. The maximum Gasteiger partial charge on any atom is 0.244 e. The third-order valence-corrected chi connectivity index (χ3v) is 3.62. The number of hydrogen-bond acceptors (Lipinski definition) is 1. The molecular formula is C15H18ClNO. The third-order valence-electron chi connectivity index (χ3n) is 3.27. The predicted octanol–water partition coefficient (Wildman–Crippen LogP) is 3.80. The lowest BCUT2D eigenvalue weighted by Crippen LogP contribution is -2.34. The molecule has 1 N–H and O–H groups in total. The van der Waals surface area contributed by atoms with Crippen LogP contribution in [0.3, 0.4) is 0 Å². The monoisotopic (exact) mass is 263 g/mol. The summed E-state index contributed by atoms with van der Waals surface area (Å²) in [5.74, 6) is -0.0261. The van der Waals surface area contributed by atoms with Crippen LogP contribution in [0.15, 0.2) is 30.3 Å². The Labute approximate surface area is 113 Å². The van der Waals surface area contributed by atoms with Crippen molar-refractivity contribution in [1.29, 1.82) is 0 Å². The van der Waals surface area contributed by atoms with Gasteiger partial charge in [0, 0.05) is 17.1 Å². The predicted molar refractivity (Wildman–Crippen MR) is 75.5 cm³/mol. The van der Waals surface area contributed by atoms with E-state index in [2.05, 4.69) is 5.32 Å². The summed E-state index contributed by atoms with van der Waals surface area (Å²) in [7, 11) is 0. The number of carbonyl (C=O) groups excluding carboxylic acids is 1. The van der Waals surface area contributed by atoms with E-state index in [1.807, 2.05) is 24.3 Å². The van der Waals surface area contributed by atoms with Crippen molar-refractivity contribution in [2.45, 2.75) is 38.1 Å². The highest BCUT2D eigenvalue weighted by atomic mass is 35.5. The zero-order valence-electron chi connectivity index (χ0n) is 10.4. The first-order chi connectivity index (χ1) is 8.75. The number of amides is 1. The van der Waals surface area contributed by atoms with E-state index in [9.17, 15) is 4.79 Å². The van der Waals surface area contributed by atoms with Crippen molar-refractivity contribution < 1.29 is 4.79 Å². The minimum atomic E-state index is -0.0261. The molecule has 0 bridgehead atoms. The molecule has 0 saturated heterocycles. The van der Waals surface area contributed by atoms with Crippen molar-refractivity contribution in [2.24, 2.45) is 0 Å². The Morgan fingerprint density at radius 1 is 1.22 bits per heavy atom. The zero-order valence-corrected chi connectivity index (χ0v) is 11.1. The van der Waals surface area contributed by atoms with Gasteiger partial charge < -0.3 is 5.32 Å². The summed E-state index contributed by atoms with van der Waals surface area (Å²) in [6.07, 6.45) is 9.27. The fraction of sp³-hybridized carbons (Fsp3) is 0.400. The summed E-state index contributed by atoms with van der Waals surface area (Å²) in [4.78, 5) is 11.8. The van der Waals surface area contributed by atoms with E-state index < -0.39 is 0 Å². The molecule has 3 heteroatoms. The molecule has 2 nitrogen and oxygen atoms in total. The summed E-state index contributed by atoms with van der Waals surface area (Å²) in [5.41, 5.74) is 0.873. The van der Waals surface area contributed by atoms with Crippen LogP contribution in [-0.2, 0) is 4.79 Å². The van der Waals surface area contributed by atoms with Crippen molar-refractivity contribution >= 4 is 23.6 Å². The minimum absolute atomic E-state index is 0.0261. The summed E-state index contributed by atoms with van der Waals surface area (Å²) >= 11 is 6.02. The Balaban J connectivity index is 1.88. The summed E-state index contributed by atoms with van der Waals surface area (Å²) in [6, 6.07) is 7.85. The molecule has 2 rings (SSSR count). The molecule has 0 radical (unpaired) electrons. The lowest BCUT2D eigenvalue weighted by Gasteiger charge is -2.21. The van der Waals surface area contributed by atoms with Crippen LogP contribution in [0, 0.1) is 0 Å². The van der Waals surface area contributed by atoms with Crippen LogP contribution in [0.25, 0.3) is 6.08 Å². The van der Waals surface area contributed by atoms with Gasteiger partial charge in [-0.25, -0.2) is 0 Å². The molecular weight excluding hydrogens is 246 g/mol. The number of nitrogens with one attached hydrogen (secondary N) is 1. The first-order valence-corrected chi connectivity index (χ1v) is 6.86. The molecule has 1 aromatic rings. The van der Waals surface area contributed by atoms with Crippen molar-refractivity contribution in [3.05, 3.63) is 40.9 Å². The summed E-state index contributed by atoms with van der Waals surface area (Å²) in [6.45, 7) is 0. The van der Waals surface area contributed by atoms with Crippen LogP contribution >= 0.6 is 11.6 Å². The fourth-order valence-electron chi connectivity index (χ4n) is 2.27. The lowest BCUT2D eigenvalue weighted by molar-refractivity contribution is -0.117. The highest BCUT2D eigenvalue weighted by molar-refractivity contribution is 6.32. The maximum atomic E-state index is 11.8. The molecule has 1 fully saturated rings. The molecule has 1 aromatic carbocycles. The molecule has 1 aliphatic carbocycles. The van der Waals surface area contributed by atoms with Gasteiger partial charge in [0.1, 0.15) is 0 Å². The van der Waals surface area contributed by atoms with E-state index in [0.29, 0.717) is 11.1 Å². The van der Waals surface area contributed by atoms with Gasteiger partial charge in [-0.1, -0.05) is 49.1 Å². The van der Waals surface area contributed by atoms with Crippen LogP contribution in [0.4, 0.5) is 0 Å². The molecule has 1 amide bonds. The quantitative estimate of drug-likeness (QED) is 0.826. The Kier molecular flexibility index (Phi) is 4.82. The van der Waals surface area contributed by atoms with E-state index in [4.69, 9.17) is 11.6 Å². The normalized spacial score (nSPS) is 16.9. The van der Waals surface area contributed by atoms with Crippen LogP contribution in [0.1, 0.15) is 37.7 Å². The summed E-state index contributed by atoms with van der Waals surface area (Å²) in [5, 5.41) is 3.71. The molecule has 1 saturated carbocycles. The number of hydrogen-bond donors (Lipinski definition) is 1. The number of benzene rings is 1. The maximum absolute atomic E-state index is 11.8. The average molecular weight is 264 g/mol. The number of halogens is 1. The third kappa shape index (κ3) is 3.88. The standard InChI is InChI=1S/C15H18ClNO/c16-14-9-5-4-6-12(14)10-11-15(18)17-13-7-2-1-3-8-13/h4-6,9-11,13H,1-3,7-8H2,(H,17,18)/b11-10-. The molecule has 0 atom stereocenters. The van der Waals surface area contributed by atoms with Crippen LogP contribution < -0.4 is 5.32 Å². The molecule has 0 aliphatic heterocycles. The second-order valence-corrected chi connectivity index (χ2v) is 5.11. The van der Waals surface area contributed by atoms with Gasteiger partial charge in [-0.05, 0) is 30.5 Å². The van der Waals surface area contributed by atoms with Gasteiger partial charge in [0.25, 0.3) is 0 Å². The van der Waals surface area contributed by atoms with E-state index in [-0.39, 0.29) is 5.91 Å². The second-order valence-electron chi connectivity index (χ2n) is 4.70. The van der Waals surface area contributed by atoms with Crippen LogP contribution in [-0.4, -0.2) is 11.9 Å². The molecule has 0 aromatic heterocycles. The van der Waals surface area contributed by atoms with Crippen molar-refractivity contribution in [2.75, 3.05) is 0 Å².